The summed E-state index contributed by atoms with van der Waals surface area (Å²) in [5.41, 5.74) is 12.3. The van der Waals surface area contributed by atoms with E-state index in [9.17, 15) is 0 Å². The quantitative estimate of drug-likeness (QED) is 0.172. The van der Waals surface area contributed by atoms with E-state index < -0.39 is 0 Å². The van der Waals surface area contributed by atoms with Crippen LogP contribution in [0.1, 0.15) is 25.0 Å². The minimum Gasteiger partial charge on any atom is -0.456 e. The standard InChI is InChI=1S/C49H32O/c1-49(2)42-22-19-32(26-39(42)40-25-30-12-3-4-13-31(30)28-43(40)49)46-35-15-7-9-17-37(35)47(38-18-10-8-16-36(38)46)33-21-23-44-41(27-33)48-34-14-6-5-11-29(34)20-24-45(48)50-44/h3-28H,1-2H3. The lowest BCUT2D eigenvalue weighted by molar-refractivity contribution is 0.661. The zero-order valence-corrected chi connectivity index (χ0v) is 27.9. The van der Waals surface area contributed by atoms with Crippen molar-refractivity contribution in [2.45, 2.75) is 19.3 Å². The van der Waals surface area contributed by atoms with E-state index in [-0.39, 0.29) is 5.41 Å². The van der Waals surface area contributed by atoms with Gasteiger partial charge in [-0.1, -0.05) is 135 Å². The van der Waals surface area contributed by atoms with Crippen molar-refractivity contribution in [2.75, 3.05) is 0 Å². The van der Waals surface area contributed by atoms with E-state index in [4.69, 9.17) is 4.42 Å². The number of hydrogen-bond donors (Lipinski definition) is 0. The minimum absolute atomic E-state index is 0.0670. The van der Waals surface area contributed by atoms with Gasteiger partial charge < -0.3 is 4.42 Å². The van der Waals surface area contributed by atoms with Gasteiger partial charge in [0.1, 0.15) is 11.2 Å². The molecule has 0 bridgehead atoms. The third-order valence-electron chi connectivity index (χ3n) is 11.4. The highest BCUT2D eigenvalue weighted by Gasteiger charge is 2.36. The van der Waals surface area contributed by atoms with Crippen LogP contribution in [0.4, 0.5) is 0 Å². The van der Waals surface area contributed by atoms with E-state index in [0.29, 0.717) is 0 Å². The van der Waals surface area contributed by atoms with Crippen molar-refractivity contribution < 1.29 is 4.42 Å². The maximum absolute atomic E-state index is 6.40. The van der Waals surface area contributed by atoms with Crippen LogP contribution < -0.4 is 0 Å². The Bertz CT molecular complexity index is 3010. The Balaban J connectivity index is 1.18. The first-order valence-electron chi connectivity index (χ1n) is 17.5. The van der Waals surface area contributed by atoms with Crippen molar-refractivity contribution in [1.82, 2.24) is 0 Å². The molecule has 0 unspecified atom stereocenters. The summed E-state index contributed by atoms with van der Waals surface area (Å²) in [7, 11) is 0. The monoisotopic (exact) mass is 636 g/mol. The van der Waals surface area contributed by atoms with Gasteiger partial charge in [-0.25, -0.2) is 0 Å². The Morgan fingerprint density at radius 3 is 1.58 bits per heavy atom. The van der Waals surface area contributed by atoms with Gasteiger partial charge in [-0.2, -0.15) is 0 Å². The molecular formula is C49H32O. The molecule has 1 aliphatic rings. The molecule has 9 aromatic carbocycles. The van der Waals surface area contributed by atoms with E-state index in [0.717, 1.165) is 16.6 Å². The Labute approximate surface area is 290 Å². The molecule has 0 spiro atoms. The second-order valence-electron chi connectivity index (χ2n) is 14.4. The average molecular weight is 637 g/mol. The second kappa shape index (κ2) is 9.94. The van der Waals surface area contributed by atoms with Gasteiger partial charge in [0, 0.05) is 16.2 Å². The molecule has 1 heterocycles. The normalized spacial score (nSPS) is 13.6. The lowest BCUT2D eigenvalue weighted by atomic mass is 9.81. The maximum Gasteiger partial charge on any atom is 0.136 e. The van der Waals surface area contributed by atoms with Crippen molar-refractivity contribution in [3.8, 4) is 33.4 Å². The van der Waals surface area contributed by atoms with Gasteiger partial charge in [-0.05, 0) is 124 Å². The third kappa shape index (κ3) is 3.72. The third-order valence-corrected chi connectivity index (χ3v) is 11.4. The predicted molar refractivity (Wildman–Crippen MR) is 212 cm³/mol. The Kier molecular flexibility index (Phi) is 5.51. The number of furan rings is 1. The largest absolute Gasteiger partial charge is 0.456 e. The van der Waals surface area contributed by atoms with Crippen LogP contribution in [0, 0.1) is 0 Å². The van der Waals surface area contributed by atoms with Crippen molar-refractivity contribution in [2.24, 2.45) is 0 Å². The average Bonchev–Trinajstić information content (AvgIpc) is 3.64. The highest BCUT2D eigenvalue weighted by atomic mass is 16.3. The second-order valence-corrected chi connectivity index (χ2v) is 14.4. The minimum atomic E-state index is -0.0670. The van der Waals surface area contributed by atoms with Crippen LogP contribution in [-0.2, 0) is 5.41 Å². The van der Waals surface area contributed by atoms with Gasteiger partial charge >= 0.3 is 0 Å². The molecule has 50 heavy (non-hydrogen) atoms. The molecule has 1 nitrogen and oxygen atoms in total. The van der Waals surface area contributed by atoms with Crippen molar-refractivity contribution in [3.63, 3.8) is 0 Å². The van der Waals surface area contributed by atoms with Crippen LogP contribution >= 0.6 is 0 Å². The van der Waals surface area contributed by atoms with Crippen LogP contribution in [0.3, 0.4) is 0 Å². The highest BCUT2D eigenvalue weighted by molar-refractivity contribution is 6.24. The summed E-state index contributed by atoms with van der Waals surface area (Å²) in [4.78, 5) is 0. The topological polar surface area (TPSA) is 13.1 Å². The van der Waals surface area contributed by atoms with Crippen LogP contribution in [-0.4, -0.2) is 0 Å². The summed E-state index contributed by atoms with van der Waals surface area (Å²) in [5, 5.41) is 12.4. The van der Waals surface area contributed by atoms with Crippen LogP contribution in [0.2, 0.25) is 0 Å². The van der Waals surface area contributed by atoms with E-state index in [1.54, 1.807) is 0 Å². The molecule has 0 radical (unpaired) electrons. The van der Waals surface area contributed by atoms with Gasteiger partial charge in [-0.3, -0.25) is 0 Å². The molecule has 234 valence electrons. The molecule has 10 aromatic rings. The first kappa shape index (κ1) is 27.7. The summed E-state index contributed by atoms with van der Waals surface area (Å²) in [6.45, 7) is 4.74. The zero-order valence-electron chi connectivity index (χ0n) is 27.9. The molecule has 0 atom stereocenters. The van der Waals surface area contributed by atoms with Gasteiger partial charge in [-0.15, -0.1) is 0 Å². The lowest BCUT2D eigenvalue weighted by Gasteiger charge is -2.22. The summed E-state index contributed by atoms with van der Waals surface area (Å²) < 4.78 is 6.40. The maximum atomic E-state index is 6.40. The molecule has 1 heteroatoms. The molecule has 0 N–H and O–H groups in total. The first-order chi connectivity index (χ1) is 24.5. The van der Waals surface area contributed by atoms with E-state index in [1.165, 1.54) is 93.0 Å². The SMILES string of the molecule is CC1(C)c2ccc(-c3c4ccccc4c(-c4ccc5oc6ccc7ccccc7c6c5c4)c4ccccc34)cc2-c2cc3ccccc3cc21. The van der Waals surface area contributed by atoms with Crippen molar-refractivity contribution in [3.05, 3.63) is 169 Å². The van der Waals surface area contributed by atoms with Gasteiger partial charge in [0.2, 0.25) is 0 Å². The molecule has 0 fully saturated rings. The summed E-state index contributed by atoms with van der Waals surface area (Å²) in [5.74, 6) is 0. The number of rotatable bonds is 2. The first-order valence-corrected chi connectivity index (χ1v) is 17.5. The predicted octanol–water partition coefficient (Wildman–Crippen LogP) is 13.8. The van der Waals surface area contributed by atoms with E-state index in [1.807, 2.05) is 0 Å². The Morgan fingerprint density at radius 1 is 0.380 bits per heavy atom. The molecule has 11 rings (SSSR count). The number of fused-ring (bicyclic) bond motifs is 11. The summed E-state index contributed by atoms with van der Waals surface area (Å²) >= 11 is 0. The zero-order chi connectivity index (χ0) is 33.1. The van der Waals surface area contributed by atoms with Crippen molar-refractivity contribution >= 4 is 65.0 Å². The lowest BCUT2D eigenvalue weighted by Crippen LogP contribution is -2.14. The smallest absolute Gasteiger partial charge is 0.136 e. The molecular weight excluding hydrogens is 605 g/mol. The van der Waals surface area contributed by atoms with E-state index in [2.05, 4.69) is 172 Å². The fraction of sp³-hybridized carbons (Fsp3) is 0.0612. The summed E-state index contributed by atoms with van der Waals surface area (Å²) in [6.07, 6.45) is 0. The Morgan fingerprint density at radius 2 is 0.900 bits per heavy atom. The number of benzene rings is 9. The van der Waals surface area contributed by atoms with Gasteiger partial charge in [0.05, 0.1) is 0 Å². The van der Waals surface area contributed by atoms with Gasteiger partial charge in [0.25, 0.3) is 0 Å². The van der Waals surface area contributed by atoms with Crippen LogP contribution in [0.25, 0.3) is 98.4 Å². The molecule has 1 aliphatic carbocycles. The fourth-order valence-corrected chi connectivity index (χ4v) is 9.05. The van der Waals surface area contributed by atoms with Crippen LogP contribution in [0.15, 0.2) is 162 Å². The van der Waals surface area contributed by atoms with Gasteiger partial charge in [0.15, 0.2) is 0 Å². The molecule has 0 aliphatic heterocycles. The molecule has 0 saturated heterocycles. The van der Waals surface area contributed by atoms with Crippen LogP contribution in [0.5, 0.6) is 0 Å². The van der Waals surface area contributed by atoms with Crippen molar-refractivity contribution in [1.29, 1.82) is 0 Å². The fourth-order valence-electron chi connectivity index (χ4n) is 9.05. The summed E-state index contributed by atoms with van der Waals surface area (Å²) in [6, 6.07) is 58.3. The molecule has 0 saturated carbocycles. The molecule has 0 amide bonds. The van der Waals surface area contributed by atoms with E-state index >= 15 is 0 Å². The molecule has 1 aromatic heterocycles. The Hall–Kier alpha value is -6.18. The highest BCUT2D eigenvalue weighted by Crippen LogP contribution is 2.52. The number of hydrogen-bond acceptors (Lipinski definition) is 1.